The first-order valence-electron chi connectivity index (χ1n) is 6.47. The summed E-state index contributed by atoms with van der Waals surface area (Å²) < 4.78 is 1.88. The molecule has 0 amide bonds. The number of rotatable bonds is 5. The zero-order valence-electron chi connectivity index (χ0n) is 11.0. The average Bonchev–Trinajstić information content (AvgIpc) is 3.03. The van der Waals surface area contributed by atoms with Gasteiger partial charge in [0, 0.05) is 31.7 Å². The Morgan fingerprint density at radius 2 is 1.95 bits per heavy atom. The van der Waals surface area contributed by atoms with Gasteiger partial charge in [-0.25, -0.2) is 14.6 Å². The molecule has 3 rings (SSSR count). The van der Waals surface area contributed by atoms with Crippen LogP contribution in [-0.2, 0) is 13.1 Å². The highest BCUT2D eigenvalue weighted by Crippen LogP contribution is 2.13. The molecule has 2 aromatic heterocycles. The Morgan fingerprint density at radius 3 is 2.75 bits per heavy atom. The van der Waals surface area contributed by atoms with Crippen molar-refractivity contribution in [3.63, 3.8) is 0 Å². The van der Waals surface area contributed by atoms with Gasteiger partial charge in [0.25, 0.3) is 0 Å². The first-order valence-corrected chi connectivity index (χ1v) is 6.47. The van der Waals surface area contributed by atoms with Crippen LogP contribution in [0.4, 0.5) is 0 Å². The highest BCUT2D eigenvalue weighted by molar-refractivity contribution is 5.40. The van der Waals surface area contributed by atoms with Crippen molar-refractivity contribution < 1.29 is 0 Å². The van der Waals surface area contributed by atoms with Gasteiger partial charge in [0.15, 0.2) is 0 Å². The Balaban J connectivity index is 1.69. The van der Waals surface area contributed by atoms with Crippen molar-refractivity contribution in [2.45, 2.75) is 13.1 Å². The summed E-state index contributed by atoms with van der Waals surface area (Å²) in [4.78, 5) is 8.10. The zero-order chi connectivity index (χ0) is 13.6. The van der Waals surface area contributed by atoms with E-state index in [0.29, 0.717) is 0 Å². The van der Waals surface area contributed by atoms with E-state index < -0.39 is 0 Å². The van der Waals surface area contributed by atoms with Gasteiger partial charge < -0.3 is 5.32 Å². The van der Waals surface area contributed by atoms with E-state index >= 15 is 0 Å². The van der Waals surface area contributed by atoms with Gasteiger partial charge in [-0.05, 0) is 23.8 Å². The standard InChI is InChI=1S/C15H15N5/c1-2-5-15(20-9-3-7-19-20)13(4-1)10-17-11-14-6-8-16-12-18-14/h1-9,12,17H,10-11H2. The SMILES string of the molecule is c1ccc(-n2cccn2)c(CNCc2ccncn2)c1. The molecule has 5 nitrogen and oxygen atoms in total. The minimum absolute atomic E-state index is 0.718. The van der Waals surface area contributed by atoms with Gasteiger partial charge in [-0.15, -0.1) is 0 Å². The number of para-hydroxylation sites is 1. The van der Waals surface area contributed by atoms with Crippen molar-refractivity contribution in [3.05, 3.63) is 72.6 Å². The fourth-order valence-electron chi connectivity index (χ4n) is 2.04. The quantitative estimate of drug-likeness (QED) is 0.766. The zero-order valence-corrected chi connectivity index (χ0v) is 11.0. The van der Waals surface area contributed by atoms with Crippen LogP contribution in [0.2, 0.25) is 0 Å². The van der Waals surface area contributed by atoms with E-state index in [1.165, 1.54) is 5.56 Å². The van der Waals surface area contributed by atoms with E-state index in [4.69, 9.17) is 0 Å². The van der Waals surface area contributed by atoms with Crippen LogP contribution in [0.1, 0.15) is 11.3 Å². The fourth-order valence-corrected chi connectivity index (χ4v) is 2.04. The lowest BCUT2D eigenvalue weighted by atomic mass is 10.2. The summed E-state index contributed by atoms with van der Waals surface area (Å²) in [6, 6.07) is 12.1. The van der Waals surface area contributed by atoms with Crippen molar-refractivity contribution in [2.24, 2.45) is 0 Å². The maximum atomic E-state index is 4.28. The van der Waals surface area contributed by atoms with Crippen LogP contribution in [0.25, 0.3) is 5.69 Å². The second kappa shape index (κ2) is 6.08. The van der Waals surface area contributed by atoms with Gasteiger partial charge in [0.1, 0.15) is 6.33 Å². The molecule has 0 aliphatic heterocycles. The van der Waals surface area contributed by atoms with Crippen LogP contribution in [-0.4, -0.2) is 19.7 Å². The summed E-state index contributed by atoms with van der Waals surface area (Å²) in [5, 5.41) is 7.67. The Morgan fingerprint density at radius 1 is 1.00 bits per heavy atom. The van der Waals surface area contributed by atoms with Crippen molar-refractivity contribution in [2.75, 3.05) is 0 Å². The lowest BCUT2D eigenvalue weighted by Gasteiger charge is -2.10. The maximum absolute atomic E-state index is 4.28. The van der Waals surface area contributed by atoms with Crippen LogP contribution >= 0.6 is 0 Å². The molecule has 100 valence electrons. The smallest absolute Gasteiger partial charge is 0.115 e. The summed E-state index contributed by atoms with van der Waals surface area (Å²) >= 11 is 0. The highest BCUT2D eigenvalue weighted by atomic mass is 15.3. The van der Waals surface area contributed by atoms with Crippen molar-refractivity contribution >= 4 is 0 Å². The molecule has 20 heavy (non-hydrogen) atoms. The van der Waals surface area contributed by atoms with Gasteiger partial charge in [0.2, 0.25) is 0 Å². The summed E-state index contributed by atoms with van der Waals surface area (Å²) in [5.41, 5.74) is 3.27. The second-order valence-corrected chi connectivity index (χ2v) is 4.38. The first-order chi connectivity index (χ1) is 9.93. The summed E-state index contributed by atoms with van der Waals surface area (Å²) in [6.45, 7) is 1.48. The molecule has 0 radical (unpaired) electrons. The molecule has 1 N–H and O–H groups in total. The largest absolute Gasteiger partial charge is 0.307 e. The van der Waals surface area contributed by atoms with Crippen LogP contribution in [0.5, 0.6) is 0 Å². The Kier molecular flexibility index (Phi) is 3.80. The van der Waals surface area contributed by atoms with E-state index in [9.17, 15) is 0 Å². The third-order valence-electron chi connectivity index (χ3n) is 3.01. The normalized spacial score (nSPS) is 10.6. The molecule has 5 heteroatoms. The van der Waals surface area contributed by atoms with E-state index in [1.807, 2.05) is 35.1 Å². The van der Waals surface area contributed by atoms with Crippen molar-refractivity contribution in [1.82, 2.24) is 25.1 Å². The summed E-state index contributed by atoms with van der Waals surface area (Å²) in [6.07, 6.45) is 7.05. The highest BCUT2D eigenvalue weighted by Gasteiger charge is 2.03. The van der Waals surface area contributed by atoms with Crippen LogP contribution < -0.4 is 5.32 Å². The predicted molar refractivity (Wildman–Crippen MR) is 76.1 cm³/mol. The summed E-state index contributed by atoms with van der Waals surface area (Å²) in [7, 11) is 0. The van der Waals surface area contributed by atoms with Crippen LogP contribution in [0.3, 0.4) is 0 Å². The van der Waals surface area contributed by atoms with Gasteiger partial charge in [0.05, 0.1) is 11.4 Å². The minimum Gasteiger partial charge on any atom is -0.307 e. The second-order valence-electron chi connectivity index (χ2n) is 4.38. The molecule has 0 unspecified atom stereocenters. The predicted octanol–water partition coefficient (Wildman–Crippen LogP) is 1.95. The third kappa shape index (κ3) is 2.89. The van der Waals surface area contributed by atoms with Crippen LogP contribution in [0, 0.1) is 0 Å². The van der Waals surface area contributed by atoms with Crippen molar-refractivity contribution in [3.8, 4) is 5.69 Å². The molecule has 1 aromatic carbocycles. The number of nitrogens with zero attached hydrogens (tertiary/aromatic N) is 4. The molecule has 0 aliphatic carbocycles. The molecule has 0 spiro atoms. The number of benzene rings is 1. The van der Waals surface area contributed by atoms with Gasteiger partial charge in [-0.3, -0.25) is 0 Å². The molecule has 2 heterocycles. The number of nitrogens with one attached hydrogen (secondary N) is 1. The molecule has 0 saturated carbocycles. The Hall–Kier alpha value is -2.53. The van der Waals surface area contributed by atoms with Gasteiger partial charge >= 0.3 is 0 Å². The molecule has 0 atom stereocenters. The molecular formula is C15H15N5. The number of hydrogen-bond acceptors (Lipinski definition) is 4. The van der Waals surface area contributed by atoms with Gasteiger partial charge in [-0.2, -0.15) is 5.10 Å². The topological polar surface area (TPSA) is 55.6 Å². The van der Waals surface area contributed by atoms with E-state index in [2.05, 4.69) is 32.5 Å². The monoisotopic (exact) mass is 265 g/mol. The first kappa shape index (κ1) is 12.5. The van der Waals surface area contributed by atoms with E-state index in [0.717, 1.165) is 24.5 Å². The van der Waals surface area contributed by atoms with E-state index in [1.54, 1.807) is 18.7 Å². The molecule has 0 bridgehead atoms. The third-order valence-corrected chi connectivity index (χ3v) is 3.01. The van der Waals surface area contributed by atoms with Gasteiger partial charge in [-0.1, -0.05) is 18.2 Å². The summed E-state index contributed by atoms with van der Waals surface area (Å²) in [5.74, 6) is 0. The minimum atomic E-state index is 0.718. The maximum Gasteiger partial charge on any atom is 0.115 e. The molecular weight excluding hydrogens is 250 g/mol. The Labute approximate surface area is 117 Å². The van der Waals surface area contributed by atoms with E-state index in [-0.39, 0.29) is 0 Å². The van der Waals surface area contributed by atoms with Crippen LogP contribution in [0.15, 0.2) is 61.3 Å². The average molecular weight is 265 g/mol. The Bertz CT molecular complexity index is 649. The molecule has 0 fully saturated rings. The number of aromatic nitrogens is 4. The van der Waals surface area contributed by atoms with Crippen molar-refractivity contribution in [1.29, 1.82) is 0 Å². The lowest BCUT2D eigenvalue weighted by Crippen LogP contribution is -2.15. The number of hydrogen-bond donors (Lipinski definition) is 1. The lowest BCUT2D eigenvalue weighted by molar-refractivity contribution is 0.672. The molecule has 3 aromatic rings. The fraction of sp³-hybridized carbons (Fsp3) is 0.133. The molecule has 0 aliphatic rings. The molecule has 0 saturated heterocycles.